The highest BCUT2D eigenvalue weighted by molar-refractivity contribution is 9.10. The zero-order valence-electron chi connectivity index (χ0n) is 9.45. The fraction of sp³-hybridized carbons (Fsp3) is 0.0769. The summed E-state index contributed by atoms with van der Waals surface area (Å²) in [4.78, 5) is 8.98. The molecule has 90 valence electrons. The summed E-state index contributed by atoms with van der Waals surface area (Å²) < 4.78 is 0.987. The van der Waals surface area contributed by atoms with Crippen molar-refractivity contribution in [1.82, 2.24) is 9.97 Å². The summed E-state index contributed by atoms with van der Waals surface area (Å²) in [6, 6.07) is 5.97. The SMILES string of the molecule is Cc1cc(Br)cc2c(Cl)nc(-c3ccsc3)nc12. The van der Waals surface area contributed by atoms with Crippen LogP contribution in [0.3, 0.4) is 0 Å². The van der Waals surface area contributed by atoms with Gasteiger partial charge in [-0.05, 0) is 36.1 Å². The number of halogens is 2. The molecule has 0 atom stereocenters. The molecule has 3 aromatic rings. The van der Waals surface area contributed by atoms with E-state index in [0.717, 1.165) is 26.5 Å². The van der Waals surface area contributed by atoms with Crippen LogP contribution in [0.4, 0.5) is 0 Å². The van der Waals surface area contributed by atoms with Crippen molar-refractivity contribution in [1.29, 1.82) is 0 Å². The molecule has 0 saturated carbocycles. The van der Waals surface area contributed by atoms with Gasteiger partial charge in [-0.2, -0.15) is 11.3 Å². The van der Waals surface area contributed by atoms with Crippen LogP contribution in [-0.4, -0.2) is 9.97 Å². The monoisotopic (exact) mass is 338 g/mol. The van der Waals surface area contributed by atoms with Crippen molar-refractivity contribution in [2.75, 3.05) is 0 Å². The number of thiophene rings is 1. The summed E-state index contributed by atoms with van der Waals surface area (Å²) in [5.41, 5.74) is 2.99. The van der Waals surface area contributed by atoms with Crippen LogP contribution in [0.25, 0.3) is 22.3 Å². The van der Waals surface area contributed by atoms with E-state index in [0.29, 0.717) is 11.0 Å². The number of hydrogen-bond acceptors (Lipinski definition) is 3. The minimum atomic E-state index is 0.491. The Morgan fingerprint density at radius 3 is 2.83 bits per heavy atom. The van der Waals surface area contributed by atoms with Crippen molar-refractivity contribution in [3.63, 3.8) is 0 Å². The Balaban J connectivity index is 2.34. The standard InChI is InChI=1S/C13H8BrClN2S/c1-7-4-9(14)5-10-11(7)16-13(17-12(10)15)8-2-3-18-6-8/h2-6H,1H3. The van der Waals surface area contributed by atoms with Gasteiger partial charge in [-0.15, -0.1) is 0 Å². The van der Waals surface area contributed by atoms with E-state index in [1.54, 1.807) is 11.3 Å². The lowest BCUT2D eigenvalue weighted by atomic mass is 10.1. The van der Waals surface area contributed by atoms with Gasteiger partial charge >= 0.3 is 0 Å². The molecule has 0 aliphatic heterocycles. The van der Waals surface area contributed by atoms with Crippen LogP contribution < -0.4 is 0 Å². The first kappa shape index (κ1) is 12.1. The normalized spacial score (nSPS) is 11.1. The van der Waals surface area contributed by atoms with Gasteiger partial charge in [0.1, 0.15) is 5.15 Å². The lowest BCUT2D eigenvalue weighted by Crippen LogP contribution is -1.93. The first-order valence-electron chi connectivity index (χ1n) is 5.31. The number of aryl methyl sites for hydroxylation is 1. The summed E-state index contributed by atoms with van der Waals surface area (Å²) in [5, 5.41) is 5.39. The van der Waals surface area contributed by atoms with Gasteiger partial charge in [0.25, 0.3) is 0 Å². The highest BCUT2D eigenvalue weighted by Crippen LogP contribution is 2.30. The number of benzene rings is 1. The summed E-state index contributed by atoms with van der Waals surface area (Å²) >= 11 is 11.3. The van der Waals surface area contributed by atoms with Gasteiger partial charge in [0, 0.05) is 20.8 Å². The first-order chi connectivity index (χ1) is 8.65. The van der Waals surface area contributed by atoms with Crippen LogP contribution in [0.5, 0.6) is 0 Å². The molecule has 0 bridgehead atoms. The topological polar surface area (TPSA) is 25.8 Å². The third kappa shape index (κ3) is 2.05. The maximum atomic E-state index is 6.25. The van der Waals surface area contributed by atoms with E-state index in [1.807, 2.05) is 35.9 Å². The predicted molar refractivity (Wildman–Crippen MR) is 80.3 cm³/mol. The van der Waals surface area contributed by atoms with E-state index in [1.165, 1.54) is 0 Å². The Bertz CT molecular complexity index is 725. The van der Waals surface area contributed by atoms with Crippen molar-refractivity contribution < 1.29 is 0 Å². The minimum Gasteiger partial charge on any atom is -0.228 e. The molecular weight excluding hydrogens is 332 g/mol. The van der Waals surface area contributed by atoms with Crippen molar-refractivity contribution >= 4 is 49.8 Å². The lowest BCUT2D eigenvalue weighted by molar-refractivity contribution is 1.22. The molecular formula is C13H8BrClN2S. The quantitative estimate of drug-likeness (QED) is 0.578. The summed E-state index contributed by atoms with van der Waals surface area (Å²) in [6.45, 7) is 2.02. The van der Waals surface area contributed by atoms with Gasteiger partial charge in [0.15, 0.2) is 5.82 Å². The average molecular weight is 340 g/mol. The molecule has 0 aliphatic carbocycles. The predicted octanol–water partition coefficient (Wildman–Crippen LogP) is 5.08. The number of nitrogens with zero attached hydrogens (tertiary/aromatic N) is 2. The maximum Gasteiger partial charge on any atom is 0.162 e. The van der Waals surface area contributed by atoms with E-state index in [2.05, 4.69) is 25.9 Å². The molecule has 0 saturated heterocycles. The minimum absolute atomic E-state index is 0.491. The smallest absolute Gasteiger partial charge is 0.162 e. The van der Waals surface area contributed by atoms with E-state index in [-0.39, 0.29) is 0 Å². The second-order valence-corrected chi connectivity index (χ2v) is 6.02. The molecule has 3 rings (SSSR count). The molecule has 0 N–H and O–H groups in total. The largest absolute Gasteiger partial charge is 0.228 e. The zero-order chi connectivity index (χ0) is 12.7. The van der Waals surface area contributed by atoms with Crippen molar-refractivity contribution in [2.45, 2.75) is 6.92 Å². The average Bonchev–Trinajstić information content (AvgIpc) is 2.83. The van der Waals surface area contributed by atoms with Crippen LogP contribution in [0.15, 0.2) is 33.4 Å². The van der Waals surface area contributed by atoms with Gasteiger partial charge in [0.05, 0.1) is 5.52 Å². The molecule has 1 aromatic carbocycles. The van der Waals surface area contributed by atoms with Gasteiger partial charge in [-0.3, -0.25) is 0 Å². The third-order valence-corrected chi connectivity index (χ3v) is 4.12. The number of fused-ring (bicyclic) bond motifs is 1. The molecule has 5 heteroatoms. The molecule has 2 heterocycles. The van der Waals surface area contributed by atoms with Crippen LogP contribution in [-0.2, 0) is 0 Å². The van der Waals surface area contributed by atoms with Crippen molar-refractivity contribution in [3.8, 4) is 11.4 Å². The van der Waals surface area contributed by atoms with Crippen LogP contribution in [0, 0.1) is 6.92 Å². The Kier molecular flexibility index (Phi) is 3.09. The third-order valence-electron chi connectivity index (χ3n) is 2.69. The first-order valence-corrected chi connectivity index (χ1v) is 7.42. The van der Waals surface area contributed by atoms with E-state index in [4.69, 9.17) is 11.6 Å². The molecule has 0 unspecified atom stereocenters. The number of rotatable bonds is 1. The molecule has 0 radical (unpaired) electrons. The molecule has 0 aliphatic rings. The van der Waals surface area contributed by atoms with Crippen molar-refractivity contribution in [2.24, 2.45) is 0 Å². The Morgan fingerprint density at radius 2 is 2.11 bits per heavy atom. The fourth-order valence-electron chi connectivity index (χ4n) is 1.85. The lowest BCUT2D eigenvalue weighted by Gasteiger charge is -2.06. The zero-order valence-corrected chi connectivity index (χ0v) is 12.6. The molecule has 2 nitrogen and oxygen atoms in total. The number of hydrogen-bond donors (Lipinski definition) is 0. The molecule has 2 aromatic heterocycles. The highest BCUT2D eigenvalue weighted by atomic mass is 79.9. The molecule has 0 fully saturated rings. The Hall–Kier alpha value is -0.970. The fourth-order valence-corrected chi connectivity index (χ4v) is 3.28. The summed E-state index contributed by atoms with van der Waals surface area (Å²) in [5.74, 6) is 0.680. The van der Waals surface area contributed by atoms with Gasteiger partial charge in [-0.25, -0.2) is 9.97 Å². The van der Waals surface area contributed by atoms with Crippen LogP contribution in [0.1, 0.15) is 5.56 Å². The van der Waals surface area contributed by atoms with E-state index < -0.39 is 0 Å². The number of aromatic nitrogens is 2. The van der Waals surface area contributed by atoms with Crippen LogP contribution >= 0.6 is 38.9 Å². The maximum absolute atomic E-state index is 6.25. The summed E-state index contributed by atoms with van der Waals surface area (Å²) in [6.07, 6.45) is 0. The van der Waals surface area contributed by atoms with E-state index >= 15 is 0 Å². The Labute approximate surface area is 122 Å². The van der Waals surface area contributed by atoms with E-state index in [9.17, 15) is 0 Å². The van der Waals surface area contributed by atoms with Gasteiger partial charge in [-0.1, -0.05) is 27.5 Å². The molecule has 0 spiro atoms. The Morgan fingerprint density at radius 1 is 1.28 bits per heavy atom. The molecule has 0 amide bonds. The van der Waals surface area contributed by atoms with Crippen LogP contribution in [0.2, 0.25) is 5.15 Å². The second-order valence-electron chi connectivity index (χ2n) is 3.97. The second kappa shape index (κ2) is 4.61. The summed E-state index contributed by atoms with van der Waals surface area (Å²) in [7, 11) is 0. The van der Waals surface area contributed by atoms with Crippen molar-refractivity contribution in [3.05, 3.63) is 44.1 Å². The van der Waals surface area contributed by atoms with Gasteiger partial charge < -0.3 is 0 Å². The highest BCUT2D eigenvalue weighted by Gasteiger charge is 2.10. The van der Waals surface area contributed by atoms with Gasteiger partial charge in [0.2, 0.25) is 0 Å². The molecule has 18 heavy (non-hydrogen) atoms.